The summed E-state index contributed by atoms with van der Waals surface area (Å²) in [6.07, 6.45) is 0. The topological polar surface area (TPSA) is 33.0 Å². The average Bonchev–Trinajstić information content (AvgIpc) is 1.83. The van der Waals surface area contributed by atoms with Crippen molar-refractivity contribution in [3.05, 3.63) is 0 Å². The van der Waals surface area contributed by atoms with Gasteiger partial charge in [0.05, 0.1) is 0 Å². The van der Waals surface area contributed by atoms with Gasteiger partial charge in [-0.2, -0.15) is 0 Å². The number of rotatable bonds is 4. The van der Waals surface area contributed by atoms with Crippen LogP contribution in [-0.4, -0.2) is 28.3 Å². The molecule has 12 heavy (non-hydrogen) atoms. The number of nitriles is 1. The Morgan fingerprint density at radius 3 is 2.08 bits per heavy atom. The average molecular weight is 250 g/mol. The summed E-state index contributed by atoms with van der Waals surface area (Å²) in [5, 5.41) is 8.78. The second-order valence-corrected chi connectivity index (χ2v) is 10.4. The van der Waals surface area contributed by atoms with Gasteiger partial charge in [-0.25, -0.2) is 0 Å². The van der Waals surface area contributed by atoms with Gasteiger partial charge in [0.1, 0.15) is 0 Å². The molecule has 0 saturated carbocycles. The molecule has 0 heterocycles. The summed E-state index contributed by atoms with van der Waals surface area (Å²) < 4.78 is 5.88. The Kier molecular flexibility index (Phi) is 5.11. The Morgan fingerprint density at radius 2 is 1.83 bits per heavy atom. The van der Waals surface area contributed by atoms with Crippen molar-refractivity contribution in [2.45, 2.75) is 38.5 Å². The Balaban J connectivity index is 4.07. The van der Waals surface area contributed by atoms with E-state index in [0.29, 0.717) is 5.92 Å². The second kappa shape index (κ2) is 5.03. The van der Waals surface area contributed by atoms with E-state index in [-0.39, 0.29) is 20.0 Å². The van der Waals surface area contributed by atoms with E-state index >= 15 is 0 Å². The molecule has 0 fully saturated rings. The first-order valence-corrected chi connectivity index (χ1v) is 9.35. The molecule has 1 atom stereocenters. The predicted octanol–water partition coefficient (Wildman–Crippen LogP) is 2.01. The molecule has 0 aromatic carbocycles. The van der Waals surface area contributed by atoms with Gasteiger partial charge in [0.15, 0.2) is 0 Å². The molecule has 0 spiro atoms. The van der Waals surface area contributed by atoms with E-state index < -0.39 is 8.32 Å². The van der Waals surface area contributed by atoms with Crippen molar-refractivity contribution in [3.63, 3.8) is 0 Å². The summed E-state index contributed by atoms with van der Waals surface area (Å²) in [7, 11) is -1.46. The predicted molar refractivity (Wildman–Crippen MR) is 54.4 cm³/mol. The molecule has 70 valence electrons. The quantitative estimate of drug-likeness (QED) is 0.715. The molecule has 0 bridgehead atoms. The summed E-state index contributed by atoms with van der Waals surface area (Å²) in [5.74, 6) is 0.469. The number of hydrogen-bond acceptors (Lipinski definition) is 2. The van der Waals surface area contributed by atoms with Crippen LogP contribution in [0.2, 0.25) is 19.6 Å². The molecule has 0 saturated heterocycles. The zero-order chi connectivity index (χ0) is 9.78. The Hall–Kier alpha value is 0.186. The zero-order valence-electron chi connectivity index (χ0n) is 8.42. The van der Waals surface area contributed by atoms with E-state index in [4.69, 9.17) is 9.69 Å². The van der Waals surface area contributed by atoms with Gasteiger partial charge >= 0.3 is 82.3 Å². The fraction of sp³-hybridized carbons (Fsp3) is 0.875. The fourth-order valence-corrected chi connectivity index (χ4v) is 4.62. The van der Waals surface area contributed by atoms with Crippen LogP contribution in [0.5, 0.6) is 0 Å². The van der Waals surface area contributed by atoms with Gasteiger partial charge in [0.25, 0.3) is 0 Å². The number of nitrogens with zero attached hydrogens (tertiary/aromatic N) is 1. The molecular formula is C8H17NOSeSi. The van der Waals surface area contributed by atoms with Crippen molar-refractivity contribution in [3.8, 4) is 4.97 Å². The molecule has 0 radical (unpaired) electrons. The molecule has 0 rings (SSSR count). The molecule has 2 nitrogen and oxygen atoms in total. The maximum absolute atomic E-state index is 8.60. The minimum absolute atomic E-state index is 0.0194. The van der Waals surface area contributed by atoms with Crippen LogP contribution < -0.4 is 0 Å². The molecule has 0 aromatic rings. The van der Waals surface area contributed by atoms with Gasteiger partial charge < -0.3 is 0 Å². The summed E-state index contributed by atoms with van der Waals surface area (Å²) in [5.41, 5.74) is 0. The van der Waals surface area contributed by atoms with Crippen LogP contribution in [0.3, 0.4) is 0 Å². The molecule has 1 unspecified atom stereocenters. The van der Waals surface area contributed by atoms with Crippen LogP contribution in [0, 0.1) is 16.1 Å². The first-order valence-electron chi connectivity index (χ1n) is 4.09. The van der Waals surface area contributed by atoms with Crippen LogP contribution in [0.15, 0.2) is 0 Å². The minimum atomic E-state index is -1.46. The van der Waals surface area contributed by atoms with Crippen LogP contribution in [-0.2, 0) is 4.43 Å². The van der Waals surface area contributed by atoms with Crippen LogP contribution >= 0.6 is 0 Å². The van der Waals surface area contributed by atoms with Gasteiger partial charge in [0, 0.05) is 0 Å². The van der Waals surface area contributed by atoms with Crippen molar-refractivity contribution in [1.29, 1.82) is 5.26 Å². The Labute approximate surface area is 82.6 Å². The zero-order valence-corrected chi connectivity index (χ0v) is 11.1. The molecule has 0 aliphatic carbocycles. The second-order valence-electron chi connectivity index (χ2n) is 4.05. The fourth-order valence-electron chi connectivity index (χ4n) is 0.697. The van der Waals surface area contributed by atoms with E-state index in [1.165, 1.54) is 0 Å². The van der Waals surface area contributed by atoms with E-state index in [1.54, 1.807) is 0 Å². The maximum atomic E-state index is 8.60. The van der Waals surface area contributed by atoms with Crippen LogP contribution in [0.25, 0.3) is 0 Å². The van der Waals surface area contributed by atoms with E-state index in [9.17, 15) is 0 Å². The standard InChI is InChI=1S/C8H17NOSeSi/c1-7(2)8(11-6-9)10-12(3,4)5/h7-8H,1-5H3. The molecule has 0 amide bonds. The molecule has 0 aromatic heterocycles. The number of hydrogen-bond donors (Lipinski definition) is 0. The third-order valence-corrected chi connectivity index (χ3v) is 4.58. The first-order chi connectivity index (χ1) is 5.37. The van der Waals surface area contributed by atoms with Gasteiger partial charge in [-0.1, -0.05) is 0 Å². The molecular weight excluding hydrogens is 233 g/mol. The van der Waals surface area contributed by atoms with Gasteiger partial charge in [-0.15, -0.1) is 0 Å². The van der Waals surface area contributed by atoms with Crippen molar-refractivity contribution < 1.29 is 4.43 Å². The van der Waals surface area contributed by atoms with Gasteiger partial charge in [0.2, 0.25) is 0 Å². The first kappa shape index (κ1) is 12.2. The van der Waals surface area contributed by atoms with Crippen molar-refractivity contribution in [2.75, 3.05) is 0 Å². The van der Waals surface area contributed by atoms with Gasteiger partial charge in [-0.05, 0) is 0 Å². The van der Waals surface area contributed by atoms with E-state index in [1.807, 2.05) is 0 Å². The van der Waals surface area contributed by atoms with Crippen molar-refractivity contribution in [2.24, 2.45) is 5.92 Å². The van der Waals surface area contributed by atoms with Crippen molar-refractivity contribution >= 4 is 23.3 Å². The van der Waals surface area contributed by atoms with E-state index in [2.05, 4.69) is 38.5 Å². The van der Waals surface area contributed by atoms with E-state index in [0.717, 1.165) is 0 Å². The molecule has 0 aliphatic rings. The van der Waals surface area contributed by atoms with Crippen LogP contribution in [0.4, 0.5) is 0 Å². The third-order valence-electron chi connectivity index (χ3n) is 1.18. The summed E-state index contributed by atoms with van der Waals surface area (Å²) in [4.78, 5) is 2.23. The SMILES string of the molecule is CC(C)C(O[Si](C)(C)C)[Se]C#N. The van der Waals surface area contributed by atoms with Crippen LogP contribution in [0.1, 0.15) is 13.8 Å². The molecule has 0 aliphatic heterocycles. The molecule has 0 N–H and O–H groups in total. The monoisotopic (exact) mass is 251 g/mol. The third kappa shape index (κ3) is 5.79. The van der Waals surface area contributed by atoms with Gasteiger partial charge in [-0.3, -0.25) is 0 Å². The normalized spacial score (nSPS) is 14.4. The Morgan fingerprint density at radius 1 is 1.33 bits per heavy atom. The van der Waals surface area contributed by atoms with Crippen molar-refractivity contribution in [1.82, 2.24) is 0 Å². The summed E-state index contributed by atoms with van der Waals surface area (Å²) in [6, 6.07) is 0. The Bertz CT molecular complexity index is 171. The summed E-state index contributed by atoms with van der Waals surface area (Å²) >= 11 is -0.0194. The molecule has 4 heteroatoms. The summed E-state index contributed by atoms with van der Waals surface area (Å²) in [6.45, 7) is 10.7.